The summed E-state index contributed by atoms with van der Waals surface area (Å²) in [6, 6.07) is 10.8. The third-order valence-corrected chi connectivity index (χ3v) is 5.33. The number of hydrogen-bond acceptors (Lipinski definition) is 8. The van der Waals surface area contributed by atoms with E-state index in [1.165, 1.54) is 12.3 Å². The maximum atomic E-state index is 11.5. The quantitative estimate of drug-likeness (QED) is 0.506. The van der Waals surface area contributed by atoms with Crippen LogP contribution in [0.4, 0.5) is 23.1 Å². The number of hydrogen-bond donors (Lipinski definition) is 2. The second-order valence-electron chi connectivity index (χ2n) is 7.49. The van der Waals surface area contributed by atoms with Crippen LogP contribution in [-0.2, 0) is 4.79 Å². The van der Waals surface area contributed by atoms with Crippen LogP contribution in [0, 0.1) is 0 Å². The number of carbonyl (C=O) groups excluding carboxylic acids is 1. The Balaban J connectivity index is 1.44. The summed E-state index contributed by atoms with van der Waals surface area (Å²) in [4.78, 5) is 29.2. The second-order valence-corrected chi connectivity index (χ2v) is 7.89. The highest BCUT2D eigenvalue weighted by atomic mass is 35.5. The third-order valence-electron chi connectivity index (χ3n) is 5.07. The van der Waals surface area contributed by atoms with Gasteiger partial charge in [0.25, 0.3) is 0 Å². The van der Waals surface area contributed by atoms with E-state index in [0.717, 1.165) is 31.9 Å². The molecule has 4 rings (SSSR count). The molecule has 1 aliphatic heterocycles. The zero-order valence-corrected chi connectivity index (χ0v) is 18.9. The Morgan fingerprint density at radius 1 is 1.15 bits per heavy atom. The van der Waals surface area contributed by atoms with Crippen molar-refractivity contribution >= 4 is 40.6 Å². The Kier molecular flexibility index (Phi) is 7.01. The summed E-state index contributed by atoms with van der Waals surface area (Å²) in [5.74, 6) is 1.22. The van der Waals surface area contributed by atoms with Gasteiger partial charge in [-0.15, -0.1) is 0 Å². The minimum absolute atomic E-state index is 0.176. The first kappa shape index (κ1) is 22.5. The van der Waals surface area contributed by atoms with Gasteiger partial charge in [0, 0.05) is 37.9 Å². The van der Waals surface area contributed by atoms with Gasteiger partial charge in [0.1, 0.15) is 16.6 Å². The van der Waals surface area contributed by atoms with Crippen LogP contribution in [0.5, 0.6) is 11.6 Å². The normalized spacial score (nSPS) is 13.9. The summed E-state index contributed by atoms with van der Waals surface area (Å²) in [6.45, 7) is 7.46. The topological polar surface area (TPSA) is 95.5 Å². The highest BCUT2D eigenvalue weighted by Crippen LogP contribution is 2.29. The van der Waals surface area contributed by atoms with Gasteiger partial charge in [-0.3, -0.25) is 4.79 Å². The third kappa shape index (κ3) is 5.97. The number of pyridine rings is 1. The zero-order chi connectivity index (χ0) is 23.2. The molecule has 0 unspecified atom stereocenters. The van der Waals surface area contributed by atoms with Gasteiger partial charge >= 0.3 is 0 Å². The summed E-state index contributed by atoms with van der Waals surface area (Å²) < 4.78 is 5.82. The van der Waals surface area contributed by atoms with Gasteiger partial charge in [0.05, 0.1) is 18.1 Å². The van der Waals surface area contributed by atoms with Crippen molar-refractivity contribution in [3.63, 3.8) is 0 Å². The number of aromatic nitrogens is 3. The molecule has 3 aromatic rings. The molecule has 1 aromatic carbocycles. The molecular weight excluding hydrogens is 442 g/mol. The van der Waals surface area contributed by atoms with E-state index >= 15 is 0 Å². The number of likely N-dealkylation sites (N-methyl/N-ethyl adjacent to an activating group) is 1. The average molecular weight is 466 g/mol. The minimum atomic E-state index is -0.315. The summed E-state index contributed by atoms with van der Waals surface area (Å²) in [5, 5.41) is 6.00. The molecule has 1 saturated heterocycles. The number of amides is 1. The highest BCUT2D eigenvalue weighted by molar-refractivity contribution is 6.31. The number of nitrogens with zero attached hydrogens (tertiary/aromatic N) is 5. The Hall–Kier alpha value is -3.69. The monoisotopic (exact) mass is 465 g/mol. The molecule has 3 heterocycles. The zero-order valence-electron chi connectivity index (χ0n) is 18.2. The van der Waals surface area contributed by atoms with Crippen LogP contribution in [0.25, 0.3) is 0 Å². The molecule has 1 amide bonds. The van der Waals surface area contributed by atoms with Crippen molar-refractivity contribution in [3.8, 4) is 11.6 Å². The van der Waals surface area contributed by atoms with Crippen molar-refractivity contribution in [2.45, 2.75) is 0 Å². The van der Waals surface area contributed by atoms with Gasteiger partial charge in [0.2, 0.25) is 17.7 Å². The van der Waals surface area contributed by atoms with Crippen LogP contribution in [0.15, 0.2) is 61.4 Å². The van der Waals surface area contributed by atoms with Gasteiger partial charge in [-0.25, -0.2) is 9.97 Å². The fourth-order valence-corrected chi connectivity index (χ4v) is 3.38. The number of benzene rings is 1. The SMILES string of the molecule is C=CC(=O)Nc1cccc(Oc2nc(Nc3ccc(N4CCN(C)CC4)cn3)ncc2Cl)c1. The number of carbonyl (C=O) groups is 1. The maximum absolute atomic E-state index is 11.5. The van der Waals surface area contributed by atoms with Crippen LogP contribution in [-0.4, -0.2) is 59.0 Å². The van der Waals surface area contributed by atoms with Crippen molar-refractivity contribution in [2.24, 2.45) is 0 Å². The van der Waals surface area contributed by atoms with Crippen LogP contribution in [0.3, 0.4) is 0 Å². The number of ether oxygens (including phenoxy) is 1. The van der Waals surface area contributed by atoms with E-state index in [1.54, 1.807) is 24.3 Å². The van der Waals surface area contributed by atoms with E-state index in [1.807, 2.05) is 18.3 Å². The summed E-state index contributed by atoms with van der Waals surface area (Å²) in [7, 11) is 2.13. The molecule has 33 heavy (non-hydrogen) atoms. The first-order valence-corrected chi connectivity index (χ1v) is 10.8. The Morgan fingerprint density at radius 3 is 2.70 bits per heavy atom. The lowest BCUT2D eigenvalue weighted by Crippen LogP contribution is -2.44. The Morgan fingerprint density at radius 2 is 1.97 bits per heavy atom. The first-order valence-electron chi connectivity index (χ1n) is 10.4. The number of anilines is 4. The lowest BCUT2D eigenvalue weighted by atomic mass is 10.3. The van der Waals surface area contributed by atoms with Crippen LogP contribution >= 0.6 is 11.6 Å². The molecule has 0 radical (unpaired) electrons. The molecule has 1 aliphatic rings. The number of rotatable bonds is 7. The summed E-state index contributed by atoms with van der Waals surface area (Å²) >= 11 is 6.23. The van der Waals surface area contributed by atoms with Gasteiger partial charge in [-0.1, -0.05) is 24.2 Å². The van der Waals surface area contributed by atoms with Crippen LogP contribution in [0.1, 0.15) is 0 Å². The molecule has 2 aromatic heterocycles. The second kappa shape index (κ2) is 10.3. The summed E-state index contributed by atoms with van der Waals surface area (Å²) in [5.41, 5.74) is 1.64. The van der Waals surface area contributed by atoms with Crippen molar-refractivity contribution in [1.29, 1.82) is 0 Å². The van der Waals surface area contributed by atoms with Gasteiger partial charge in [0.15, 0.2) is 0 Å². The standard InChI is InChI=1S/C23H24ClN7O2/c1-3-21(32)27-16-5-4-6-18(13-16)33-22-19(24)15-26-23(29-22)28-20-8-7-17(14-25-20)31-11-9-30(2)10-12-31/h3-8,13-15H,1,9-12H2,2H3,(H,27,32)(H,25,26,28,29). The number of piperazine rings is 1. The lowest BCUT2D eigenvalue weighted by Gasteiger charge is -2.33. The van der Waals surface area contributed by atoms with E-state index < -0.39 is 0 Å². The molecule has 2 N–H and O–H groups in total. The van der Waals surface area contributed by atoms with Crippen molar-refractivity contribution in [2.75, 3.05) is 48.8 Å². The van der Waals surface area contributed by atoms with Crippen molar-refractivity contribution < 1.29 is 9.53 Å². The number of halogens is 1. The largest absolute Gasteiger partial charge is 0.437 e. The highest BCUT2D eigenvalue weighted by Gasteiger charge is 2.15. The molecule has 0 spiro atoms. The predicted octanol–water partition coefficient (Wildman–Crippen LogP) is 3.94. The summed E-state index contributed by atoms with van der Waals surface area (Å²) in [6.07, 6.45) is 4.48. The van der Waals surface area contributed by atoms with E-state index in [4.69, 9.17) is 16.3 Å². The van der Waals surface area contributed by atoms with E-state index in [9.17, 15) is 4.79 Å². The van der Waals surface area contributed by atoms with E-state index in [0.29, 0.717) is 23.2 Å². The Labute approximate surface area is 197 Å². The van der Waals surface area contributed by atoms with E-state index in [2.05, 4.69) is 49.0 Å². The van der Waals surface area contributed by atoms with Crippen molar-refractivity contribution in [3.05, 3.63) is 66.5 Å². The molecule has 1 fully saturated rings. The molecular formula is C23H24ClN7O2. The molecule has 0 bridgehead atoms. The Bertz CT molecular complexity index is 1130. The minimum Gasteiger partial charge on any atom is -0.437 e. The molecule has 10 heteroatoms. The smallest absolute Gasteiger partial charge is 0.247 e. The van der Waals surface area contributed by atoms with Gasteiger partial charge < -0.3 is 25.2 Å². The first-order chi connectivity index (χ1) is 16.0. The predicted molar refractivity (Wildman–Crippen MR) is 130 cm³/mol. The fourth-order valence-electron chi connectivity index (χ4n) is 3.25. The lowest BCUT2D eigenvalue weighted by molar-refractivity contribution is -0.111. The molecule has 9 nitrogen and oxygen atoms in total. The van der Waals surface area contributed by atoms with Crippen LogP contribution in [0.2, 0.25) is 5.02 Å². The molecule has 0 atom stereocenters. The van der Waals surface area contributed by atoms with Crippen molar-refractivity contribution in [1.82, 2.24) is 19.9 Å². The molecule has 0 aliphatic carbocycles. The molecule has 0 saturated carbocycles. The van der Waals surface area contributed by atoms with Gasteiger partial charge in [-0.2, -0.15) is 4.98 Å². The number of nitrogens with one attached hydrogen (secondary N) is 2. The van der Waals surface area contributed by atoms with Gasteiger partial charge in [-0.05, 0) is 37.4 Å². The average Bonchev–Trinajstić information content (AvgIpc) is 2.82. The van der Waals surface area contributed by atoms with Crippen LogP contribution < -0.4 is 20.3 Å². The molecule has 170 valence electrons. The van der Waals surface area contributed by atoms with E-state index in [-0.39, 0.29) is 16.8 Å². The fraction of sp³-hybridized carbons (Fsp3) is 0.217. The maximum Gasteiger partial charge on any atom is 0.247 e.